The number of hydrogen-bond acceptors (Lipinski definition) is 4. The van der Waals surface area contributed by atoms with Gasteiger partial charge in [-0.25, -0.2) is 4.98 Å². The van der Waals surface area contributed by atoms with E-state index in [9.17, 15) is 0 Å². The van der Waals surface area contributed by atoms with E-state index in [0.717, 1.165) is 41.7 Å². The number of thioether (sulfide) groups is 1. The van der Waals surface area contributed by atoms with E-state index in [4.69, 9.17) is 4.74 Å². The van der Waals surface area contributed by atoms with Gasteiger partial charge in [0.1, 0.15) is 0 Å². The number of rotatable bonds is 7. The molecule has 0 bridgehead atoms. The quantitative estimate of drug-likeness (QED) is 0.346. The summed E-state index contributed by atoms with van der Waals surface area (Å²) < 4.78 is 5.76. The van der Waals surface area contributed by atoms with Gasteiger partial charge >= 0.3 is 0 Å². The molecule has 2 fully saturated rings. The second kappa shape index (κ2) is 11.2. The third-order valence-electron chi connectivity index (χ3n) is 4.95. The highest BCUT2D eigenvalue weighted by molar-refractivity contribution is 14.0. The Balaban J connectivity index is 0.00000243. The number of guanidine groups is 1. The van der Waals surface area contributed by atoms with Crippen molar-refractivity contribution in [2.45, 2.75) is 56.4 Å². The normalized spacial score (nSPS) is 23.1. The number of aromatic nitrogens is 1. The Morgan fingerprint density at radius 1 is 1.35 bits per heavy atom. The van der Waals surface area contributed by atoms with E-state index in [1.807, 2.05) is 37.1 Å². The zero-order chi connectivity index (χ0) is 17.5. The molecule has 2 aliphatic carbocycles. The Morgan fingerprint density at radius 3 is 2.92 bits per heavy atom. The van der Waals surface area contributed by atoms with Crippen molar-refractivity contribution < 1.29 is 4.74 Å². The lowest BCUT2D eigenvalue weighted by Gasteiger charge is -2.29. The Morgan fingerprint density at radius 2 is 2.19 bits per heavy atom. The molecular weight excluding hydrogens is 459 g/mol. The molecule has 0 amide bonds. The highest BCUT2D eigenvalue weighted by Gasteiger charge is 2.23. The summed E-state index contributed by atoms with van der Waals surface area (Å²) in [5.41, 5.74) is 1.16. The van der Waals surface area contributed by atoms with Gasteiger partial charge in [0.2, 0.25) is 5.88 Å². The fraction of sp³-hybridized carbons (Fsp3) is 0.684. The van der Waals surface area contributed by atoms with E-state index in [0.29, 0.717) is 6.04 Å². The maximum Gasteiger partial charge on any atom is 0.213 e. The molecule has 0 saturated heterocycles. The first kappa shape index (κ1) is 21.6. The van der Waals surface area contributed by atoms with Gasteiger partial charge in [-0.3, -0.25) is 4.99 Å². The topological polar surface area (TPSA) is 58.5 Å². The van der Waals surface area contributed by atoms with E-state index in [1.54, 1.807) is 0 Å². The third-order valence-corrected chi connectivity index (χ3v) is 6.04. The lowest BCUT2D eigenvalue weighted by Crippen LogP contribution is -2.45. The summed E-state index contributed by atoms with van der Waals surface area (Å²) in [5, 5.41) is 7.77. The van der Waals surface area contributed by atoms with Crippen LogP contribution in [-0.2, 0) is 6.54 Å². The SMILES string of the molecule is CN=C(NCc1ccnc(OCC2CC2)c1)NC1CCCC(SC)C1.I. The number of nitrogens with one attached hydrogen (secondary N) is 2. The number of ether oxygens (including phenoxy) is 1. The molecule has 0 radical (unpaired) electrons. The molecule has 0 aromatic carbocycles. The second-order valence-corrected chi connectivity index (χ2v) is 8.19. The van der Waals surface area contributed by atoms with E-state index < -0.39 is 0 Å². The van der Waals surface area contributed by atoms with E-state index in [2.05, 4.69) is 26.9 Å². The van der Waals surface area contributed by atoms with Crippen LogP contribution in [0.4, 0.5) is 0 Å². The standard InChI is InChI=1S/C19H30N4OS.HI/c1-20-19(23-16-4-3-5-17(11-16)25-2)22-12-15-8-9-21-18(10-15)24-13-14-6-7-14;/h8-10,14,16-17H,3-7,11-13H2,1-2H3,(H2,20,22,23);1H. The van der Waals surface area contributed by atoms with Crippen LogP contribution in [0.3, 0.4) is 0 Å². The molecule has 26 heavy (non-hydrogen) atoms. The zero-order valence-corrected chi connectivity index (χ0v) is 18.9. The van der Waals surface area contributed by atoms with Crippen molar-refractivity contribution in [1.82, 2.24) is 15.6 Å². The minimum Gasteiger partial charge on any atom is -0.477 e. The van der Waals surface area contributed by atoms with Crippen molar-refractivity contribution in [3.63, 3.8) is 0 Å². The average molecular weight is 490 g/mol. The molecule has 1 heterocycles. The second-order valence-electron chi connectivity index (χ2n) is 7.05. The summed E-state index contributed by atoms with van der Waals surface area (Å²) in [6.07, 6.45) is 11.7. The smallest absolute Gasteiger partial charge is 0.213 e. The number of nitrogens with zero attached hydrogens (tertiary/aromatic N) is 2. The molecule has 0 aliphatic heterocycles. The Kier molecular flexibility index (Phi) is 9.31. The van der Waals surface area contributed by atoms with Crippen LogP contribution in [0.5, 0.6) is 5.88 Å². The predicted octanol–water partition coefficient (Wildman–Crippen LogP) is 3.83. The van der Waals surface area contributed by atoms with Crippen LogP contribution in [0.1, 0.15) is 44.1 Å². The molecular formula is C19H31IN4OS. The number of halogens is 1. The van der Waals surface area contributed by atoms with Crippen LogP contribution in [0.25, 0.3) is 0 Å². The van der Waals surface area contributed by atoms with Crippen molar-refractivity contribution in [3.05, 3.63) is 23.9 Å². The molecule has 3 rings (SSSR count). The molecule has 146 valence electrons. The Labute approximate surface area is 178 Å². The molecule has 2 aliphatic rings. The van der Waals surface area contributed by atoms with Gasteiger partial charge in [0, 0.05) is 37.1 Å². The van der Waals surface area contributed by atoms with Gasteiger partial charge in [-0.05, 0) is 55.9 Å². The van der Waals surface area contributed by atoms with E-state index in [-0.39, 0.29) is 24.0 Å². The summed E-state index contributed by atoms with van der Waals surface area (Å²) in [6, 6.07) is 4.56. The van der Waals surface area contributed by atoms with Gasteiger partial charge in [-0.2, -0.15) is 11.8 Å². The first-order valence-electron chi connectivity index (χ1n) is 9.34. The highest BCUT2D eigenvalue weighted by atomic mass is 127. The minimum atomic E-state index is 0. The van der Waals surface area contributed by atoms with Gasteiger partial charge in [0.05, 0.1) is 6.61 Å². The third kappa shape index (κ3) is 7.13. The first-order chi connectivity index (χ1) is 12.3. The van der Waals surface area contributed by atoms with Gasteiger partial charge < -0.3 is 15.4 Å². The molecule has 7 heteroatoms. The van der Waals surface area contributed by atoms with Gasteiger partial charge in [0.15, 0.2) is 5.96 Å². The molecule has 5 nitrogen and oxygen atoms in total. The van der Waals surface area contributed by atoms with E-state index >= 15 is 0 Å². The number of pyridine rings is 1. The maximum atomic E-state index is 5.76. The lowest BCUT2D eigenvalue weighted by atomic mass is 9.95. The van der Waals surface area contributed by atoms with Crippen molar-refractivity contribution in [1.29, 1.82) is 0 Å². The summed E-state index contributed by atoms with van der Waals surface area (Å²) in [7, 11) is 1.83. The van der Waals surface area contributed by atoms with Crippen molar-refractivity contribution >= 4 is 41.7 Å². The number of aliphatic imine (C=N–C) groups is 1. The summed E-state index contributed by atoms with van der Waals surface area (Å²) in [6.45, 7) is 1.52. The van der Waals surface area contributed by atoms with Crippen LogP contribution in [0, 0.1) is 5.92 Å². The van der Waals surface area contributed by atoms with Crippen molar-refractivity contribution in [2.75, 3.05) is 19.9 Å². The summed E-state index contributed by atoms with van der Waals surface area (Å²) in [5.74, 6) is 2.35. The van der Waals surface area contributed by atoms with E-state index in [1.165, 1.54) is 38.5 Å². The number of hydrogen-bond donors (Lipinski definition) is 2. The van der Waals surface area contributed by atoms with Crippen LogP contribution in [-0.4, -0.2) is 42.1 Å². The Hall–Kier alpha value is -0.700. The predicted molar refractivity (Wildman–Crippen MR) is 121 cm³/mol. The van der Waals surface area contributed by atoms with Crippen molar-refractivity contribution in [3.8, 4) is 5.88 Å². The zero-order valence-electron chi connectivity index (χ0n) is 15.7. The Bertz CT molecular complexity index is 582. The largest absolute Gasteiger partial charge is 0.477 e. The molecule has 1 aromatic heterocycles. The first-order valence-corrected chi connectivity index (χ1v) is 10.6. The highest BCUT2D eigenvalue weighted by Crippen LogP contribution is 2.29. The maximum absolute atomic E-state index is 5.76. The fourth-order valence-electron chi connectivity index (χ4n) is 3.19. The molecule has 2 atom stereocenters. The fourth-order valence-corrected chi connectivity index (χ4v) is 4.02. The van der Waals surface area contributed by atoms with Crippen LogP contribution in [0.2, 0.25) is 0 Å². The summed E-state index contributed by atoms with van der Waals surface area (Å²) >= 11 is 1.99. The van der Waals surface area contributed by atoms with Crippen LogP contribution >= 0.6 is 35.7 Å². The lowest BCUT2D eigenvalue weighted by molar-refractivity contribution is 0.288. The minimum absolute atomic E-state index is 0. The average Bonchev–Trinajstić information content (AvgIpc) is 3.48. The van der Waals surface area contributed by atoms with Gasteiger partial charge in [-0.15, -0.1) is 24.0 Å². The molecule has 2 saturated carbocycles. The summed E-state index contributed by atoms with van der Waals surface area (Å²) in [4.78, 5) is 8.68. The van der Waals surface area contributed by atoms with Crippen LogP contribution in [0.15, 0.2) is 23.3 Å². The van der Waals surface area contributed by atoms with Gasteiger partial charge in [-0.1, -0.05) is 6.42 Å². The van der Waals surface area contributed by atoms with Gasteiger partial charge in [0.25, 0.3) is 0 Å². The monoisotopic (exact) mass is 490 g/mol. The molecule has 2 unspecified atom stereocenters. The molecule has 0 spiro atoms. The molecule has 2 N–H and O–H groups in total. The van der Waals surface area contributed by atoms with Crippen LogP contribution < -0.4 is 15.4 Å². The van der Waals surface area contributed by atoms with Crippen molar-refractivity contribution in [2.24, 2.45) is 10.9 Å². The molecule has 1 aromatic rings.